The summed E-state index contributed by atoms with van der Waals surface area (Å²) in [5.74, 6) is -0.607. The number of anilines is 3. The number of hydrogen-bond donors (Lipinski definition) is 2. The molecule has 16 nitrogen and oxygen atoms in total. The molecule has 0 aromatic heterocycles. The van der Waals surface area contributed by atoms with Gasteiger partial charge in [0.05, 0.1) is 20.3 Å². The Morgan fingerprint density at radius 3 is 1.86 bits per heavy atom. The largest absolute Gasteiger partial charge is 0.493 e. The summed E-state index contributed by atoms with van der Waals surface area (Å²) < 4.78 is 48.0. The van der Waals surface area contributed by atoms with Gasteiger partial charge in [0, 0.05) is 76.0 Å². The van der Waals surface area contributed by atoms with Gasteiger partial charge in [-0.05, 0) is 172 Å². The first kappa shape index (κ1) is 62.8. The van der Waals surface area contributed by atoms with Crippen LogP contribution in [-0.4, -0.2) is 91.7 Å². The maximum absolute atomic E-state index is 14.2. The van der Waals surface area contributed by atoms with Crippen LogP contribution in [0.15, 0.2) is 91.0 Å². The van der Waals surface area contributed by atoms with Gasteiger partial charge in [-0.3, -0.25) is 33.0 Å². The Balaban J connectivity index is 0.878. The van der Waals surface area contributed by atoms with Crippen molar-refractivity contribution in [3.05, 3.63) is 141 Å². The Bertz CT molecular complexity index is 3490. The number of carbonyl (C=O) groups excluding carboxylic acids is 6. The molecule has 0 fully saturated rings. The summed E-state index contributed by atoms with van der Waals surface area (Å²) in [5.41, 5.74) is 10.0. The number of ether oxygens (including phenoxy) is 3. The molecular weight excluding hydrogens is 1140 g/mol. The lowest BCUT2D eigenvalue weighted by Gasteiger charge is -2.25. The highest BCUT2D eigenvalue weighted by Gasteiger charge is 2.40. The van der Waals surface area contributed by atoms with Crippen LogP contribution in [0, 0.1) is 18.8 Å². The Hall–Kier alpha value is -6.67. The summed E-state index contributed by atoms with van der Waals surface area (Å²) in [6.45, 7) is 13.0. The third-order valence-electron chi connectivity index (χ3n) is 16.7. The zero-order valence-corrected chi connectivity index (χ0v) is 52.5. The van der Waals surface area contributed by atoms with Crippen LogP contribution in [0.5, 0.6) is 17.2 Å². The van der Waals surface area contributed by atoms with Gasteiger partial charge in [-0.25, -0.2) is 0 Å². The number of benzene rings is 5. The van der Waals surface area contributed by atoms with E-state index in [4.69, 9.17) is 14.2 Å². The number of carbonyl (C=O) groups is 6. The molecule has 2 N–H and O–H groups in total. The SMILES string of the molecule is CCC(=O)C(CCSSC(C)(C)CCC(=O)N[C@H](C(=O)C[C@@H](C)C(=O)Nc1cc(COc2cc3c(cc2C)C(=O)N2c4ccccc4C[C@H]2CC3)cc(COc2cc3c(cc2OC)C(=O)N2c4ccccc4C[C@H]2CC3)c1)C(C)C)S(=O)(=O)OC. The summed E-state index contributed by atoms with van der Waals surface area (Å²) in [7, 11) is 1.52. The van der Waals surface area contributed by atoms with Gasteiger partial charge in [0.2, 0.25) is 11.8 Å². The van der Waals surface area contributed by atoms with E-state index in [1.54, 1.807) is 27.0 Å². The van der Waals surface area contributed by atoms with Gasteiger partial charge < -0.3 is 34.6 Å². The number of aryl methyl sites for hydroxylation is 3. The summed E-state index contributed by atoms with van der Waals surface area (Å²) in [6, 6.07) is 28.6. The lowest BCUT2D eigenvalue weighted by molar-refractivity contribution is -0.131. The van der Waals surface area contributed by atoms with E-state index in [-0.39, 0.29) is 80.4 Å². The first-order chi connectivity index (χ1) is 40.6. The Kier molecular flexibility index (Phi) is 19.9. The van der Waals surface area contributed by atoms with E-state index in [1.165, 1.54) is 27.2 Å². The molecule has 4 aliphatic rings. The fourth-order valence-electron chi connectivity index (χ4n) is 12.0. The number of ketones is 2. The number of nitrogens with zero attached hydrogens (tertiary/aromatic N) is 2. The molecule has 85 heavy (non-hydrogen) atoms. The molecule has 1 unspecified atom stereocenters. The van der Waals surface area contributed by atoms with Crippen molar-refractivity contribution in [2.45, 2.75) is 160 Å². The molecule has 4 amide bonds. The second kappa shape index (κ2) is 26.9. The Morgan fingerprint density at radius 2 is 1.29 bits per heavy atom. The van der Waals surface area contributed by atoms with E-state index >= 15 is 0 Å². The lowest BCUT2D eigenvalue weighted by atomic mass is 9.92. The fraction of sp³-hybridized carbons (Fsp3) is 0.455. The second-order valence-corrected chi connectivity index (χ2v) is 28.7. The van der Waals surface area contributed by atoms with Crippen LogP contribution >= 0.6 is 21.6 Å². The van der Waals surface area contributed by atoms with Crippen molar-refractivity contribution in [1.82, 2.24) is 5.32 Å². The Labute approximate surface area is 507 Å². The summed E-state index contributed by atoms with van der Waals surface area (Å²) in [4.78, 5) is 86.3. The van der Waals surface area contributed by atoms with Crippen molar-refractivity contribution in [2.24, 2.45) is 11.8 Å². The van der Waals surface area contributed by atoms with Gasteiger partial charge in [-0.2, -0.15) is 8.42 Å². The van der Waals surface area contributed by atoms with Crippen molar-refractivity contribution >= 4 is 84.0 Å². The molecular formula is C66H78N4O12S3. The highest BCUT2D eigenvalue weighted by atomic mass is 33.1. The van der Waals surface area contributed by atoms with Crippen LogP contribution < -0.4 is 34.6 Å². The van der Waals surface area contributed by atoms with E-state index in [0.717, 1.165) is 72.0 Å². The number of nitrogens with one attached hydrogen (secondary N) is 2. The van der Waals surface area contributed by atoms with Gasteiger partial charge >= 0.3 is 0 Å². The molecule has 0 spiro atoms. The minimum atomic E-state index is -4.01. The molecule has 5 aromatic rings. The van der Waals surface area contributed by atoms with Crippen LogP contribution in [0.1, 0.15) is 146 Å². The van der Waals surface area contributed by atoms with Crippen molar-refractivity contribution in [1.29, 1.82) is 0 Å². The number of hydrogen-bond acceptors (Lipinski definition) is 14. The lowest BCUT2D eigenvalue weighted by Crippen LogP contribution is -2.45. The van der Waals surface area contributed by atoms with E-state index < -0.39 is 43.8 Å². The smallest absolute Gasteiger partial charge is 0.277 e. The standard InChI is InChI=1S/C66H78N4O12S3/c1-10-55(71)60(85(77,78)80-9)24-26-83-84-66(6,7)25-23-61(73)68-62(39(2)3)56(72)28-41(5)63(74)67-48-30-42(37-81-57-34-44-19-21-49-32-46-15-11-13-17-53(46)69(49)64(75)51(44)27-40(57)4)29-43(31-48)38-82-59-35-45-20-22-50-33-47-16-12-14-18-54(47)70(50)65(76)52(45)36-58(59)79-8/h11-18,27,29-31,34-36,39,41,49-50,60,62H,10,19-26,28,32-33,37-38H2,1-9H3,(H,67,74)(H,68,73)/t41-,49-,50-,60?,62+/m1/s1. The van der Waals surface area contributed by atoms with Gasteiger partial charge in [-0.15, -0.1) is 0 Å². The molecule has 4 heterocycles. The first-order valence-corrected chi connectivity index (χ1v) is 33.2. The van der Waals surface area contributed by atoms with Crippen molar-refractivity contribution < 1.29 is 55.6 Å². The molecule has 9 rings (SSSR count). The van der Waals surface area contributed by atoms with Crippen LogP contribution in [-0.2, 0) is 72.4 Å². The molecule has 5 aromatic carbocycles. The van der Waals surface area contributed by atoms with Crippen LogP contribution in [0.3, 0.4) is 0 Å². The van der Waals surface area contributed by atoms with E-state index in [1.807, 2.05) is 117 Å². The maximum Gasteiger partial charge on any atom is 0.277 e. The molecule has 4 aliphatic heterocycles. The van der Waals surface area contributed by atoms with Gasteiger partial charge in [-0.1, -0.05) is 85.7 Å². The predicted molar refractivity (Wildman–Crippen MR) is 335 cm³/mol. The molecule has 5 atom stereocenters. The molecule has 0 aliphatic carbocycles. The number of methoxy groups -OCH3 is 1. The van der Waals surface area contributed by atoms with E-state index in [9.17, 15) is 37.2 Å². The normalized spacial score (nSPS) is 17.2. The Morgan fingerprint density at radius 1 is 0.729 bits per heavy atom. The van der Waals surface area contributed by atoms with Crippen molar-refractivity contribution in [3.63, 3.8) is 0 Å². The van der Waals surface area contributed by atoms with Gasteiger partial charge in [0.1, 0.15) is 24.2 Å². The highest BCUT2D eigenvalue weighted by Crippen LogP contribution is 2.43. The highest BCUT2D eigenvalue weighted by molar-refractivity contribution is 8.77. The van der Waals surface area contributed by atoms with Crippen molar-refractivity contribution in [2.75, 3.05) is 35.1 Å². The van der Waals surface area contributed by atoms with E-state index in [0.29, 0.717) is 64.6 Å². The molecule has 19 heteroatoms. The second-order valence-electron chi connectivity index (χ2n) is 23.7. The summed E-state index contributed by atoms with van der Waals surface area (Å²) in [6.07, 6.45) is 5.25. The molecule has 0 saturated carbocycles. The predicted octanol–water partition coefficient (Wildman–Crippen LogP) is 11.5. The monoisotopic (exact) mass is 1210 g/mol. The molecule has 0 bridgehead atoms. The van der Waals surface area contributed by atoms with Crippen LogP contribution in [0.2, 0.25) is 0 Å². The average molecular weight is 1220 g/mol. The third kappa shape index (κ3) is 14.4. The fourth-order valence-corrected chi connectivity index (χ4v) is 15.9. The number of rotatable bonds is 26. The molecule has 0 radical (unpaired) electrons. The number of Topliss-reactive ketones (excluding diaryl/α,β-unsaturated/α-hetero) is 2. The average Bonchev–Trinajstić information content (AvgIpc) is 2.72. The maximum atomic E-state index is 14.2. The molecule has 0 saturated heterocycles. The van der Waals surface area contributed by atoms with Crippen molar-refractivity contribution in [3.8, 4) is 17.2 Å². The molecule has 452 valence electrons. The number of amides is 4. The van der Waals surface area contributed by atoms with Crippen LogP contribution in [0.25, 0.3) is 0 Å². The summed E-state index contributed by atoms with van der Waals surface area (Å²) >= 11 is 0. The number of fused-ring (bicyclic) bond motifs is 8. The zero-order chi connectivity index (χ0) is 60.9. The summed E-state index contributed by atoms with van der Waals surface area (Å²) in [5, 5.41) is 4.75. The first-order valence-electron chi connectivity index (χ1n) is 29.4. The number of para-hydroxylation sites is 2. The third-order valence-corrected chi connectivity index (χ3v) is 21.8. The topological polar surface area (TPSA) is 204 Å². The van der Waals surface area contributed by atoms with Gasteiger partial charge in [0.15, 0.2) is 23.1 Å². The minimum absolute atomic E-state index is 0.00686. The van der Waals surface area contributed by atoms with E-state index in [2.05, 4.69) is 26.9 Å². The van der Waals surface area contributed by atoms with Gasteiger partial charge in [0.25, 0.3) is 21.9 Å². The zero-order valence-electron chi connectivity index (χ0n) is 50.0. The minimum Gasteiger partial charge on any atom is -0.493 e. The quantitative estimate of drug-likeness (QED) is 0.0300. The van der Waals surface area contributed by atoms with Crippen LogP contribution in [0.4, 0.5) is 17.1 Å².